The number of halogens is 1. The number of carbonyl (C=O) groups is 2. The monoisotopic (exact) mass is 377 g/mol. The van der Waals surface area contributed by atoms with Gasteiger partial charge in [-0.1, -0.05) is 12.1 Å². The average molecular weight is 377 g/mol. The van der Waals surface area contributed by atoms with Crippen LogP contribution in [-0.2, 0) is 20.7 Å². The number of carbonyl (C=O) groups excluding carboxylic acids is 2. The third-order valence-corrected chi connectivity index (χ3v) is 5.28. The molecule has 1 aromatic carbocycles. The van der Waals surface area contributed by atoms with Gasteiger partial charge in [0, 0.05) is 25.6 Å². The number of ether oxygens (including phenoxy) is 1. The molecule has 2 saturated heterocycles. The van der Waals surface area contributed by atoms with E-state index >= 15 is 0 Å². The normalized spacial score (nSPS) is 19.1. The Bertz CT molecular complexity index is 624. The summed E-state index contributed by atoms with van der Waals surface area (Å²) in [7, 11) is 0. The van der Waals surface area contributed by atoms with Gasteiger partial charge in [-0.05, 0) is 50.0 Å². The molecule has 0 aliphatic carbocycles. The van der Waals surface area contributed by atoms with E-state index in [4.69, 9.17) is 4.74 Å². The van der Waals surface area contributed by atoms with E-state index in [-0.39, 0.29) is 23.5 Å². The largest absolute Gasteiger partial charge is 0.378 e. The minimum Gasteiger partial charge on any atom is -0.378 e. The molecule has 2 heterocycles. The van der Waals surface area contributed by atoms with Crippen molar-refractivity contribution in [1.82, 2.24) is 15.1 Å². The highest BCUT2D eigenvalue weighted by Crippen LogP contribution is 2.20. The van der Waals surface area contributed by atoms with Crippen molar-refractivity contribution in [2.24, 2.45) is 5.92 Å². The van der Waals surface area contributed by atoms with Crippen molar-refractivity contribution in [2.45, 2.75) is 19.3 Å². The summed E-state index contributed by atoms with van der Waals surface area (Å²) in [5.74, 6) is 0.0518. The Balaban J connectivity index is 1.33. The van der Waals surface area contributed by atoms with Gasteiger partial charge in [0.25, 0.3) is 0 Å². The van der Waals surface area contributed by atoms with Gasteiger partial charge in [-0.3, -0.25) is 14.5 Å². The topological polar surface area (TPSA) is 61.9 Å². The zero-order valence-electron chi connectivity index (χ0n) is 15.7. The first kappa shape index (κ1) is 19.8. The number of morpholine rings is 1. The summed E-state index contributed by atoms with van der Waals surface area (Å²) in [6, 6.07) is 6.33. The second-order valence-corrected chi connectivity index (χ2v) is 7.21. The molecule has 0 unspecified atom stereocenters. The highest BCUT2D eigenvalue weighted by atomic mass is 19.1. The third kappa shape index (κ3) is 6.01. The van der Waals surface area contributed by atoms with Crippen LogP contribution in [0.5, 0.6) is 0 Å². The quantitative estimate of drug-likeness (QED) is 0.805. The van der Waals surface area contributed by atoms with Gasteiger partial charge in [0.1, 0.15) is 5.82 Å². The highest BCUT2D eigenvalue weighted by molar-refractivity contribution is 5.79. The maximum atomic E-state index is 12.9. The standard InChI is InChI=1S/C20H28FN3O3/c21-18-3-1-16(2-4-18)5-8-22-19(25)15-23-9-6-17(7-10-23)20(26)24-11-13-27-14-12-24/h1-4,17H,5-15H2,(H,22,25). The van der Waals surface area contributed by atoms with Gasteiger partial charge in [0.05, 0.1) is 19.8 Å². The molecule has 0 spiro atoms. The first-order chi connectivity index (χ1) is 13.1. The first-order valence-electron chi connectivity index (χ1n) is 9.72. The lowest BCUT2D eigenvalue weighted by molar-refractivity contribution is -0.141. The number of nitrogens with one attached hydrogen (secondary N) is 1. The maximum absolute atomic E-state index is 12.9. The number of hydrogen-bond acceptors (Lipinski definition) is 4. The molecule has 7 heteroatoms. The molecule has 3 rings (SSSR count). The van der Waals surface area contributed by atoms with Crippen molar-refractivity contribution in [3.8, 4) is 0 Å². The fraction of sp³-hybridized carbons (Fsp3) is 0.600. The zero-order chi connectivity index (χ0) is 19.1. The van der Waals surface area contributed by atoms with E-state index in [1.54, 1.807) is 12.1 Å². The number of piperidine rings is 1. The van der Waals surface area contributed by atoms with Crippen LogP contribution in [0.3, 0.4) is 0 Å². The van der Waals surface area contributed by atoms with Crippen molar-refractivity contribution in [3.63, 3.8) is 0 Å². The number of rotatable bonds is 6. The molecule has 0 atom stereocenters. The molecule has 2 amide bonds. The third-order valence-electron chi connectivity index (χ3n) is 5.28. The molecule has 2 aliphatic heterocycles. The van der Waals surface area contributed by atoms with Crippen LogP contribution in [0.1, 0.15) is 18.4 Å². The fourth-order valence-electron chi connectivity index (χ4n) is 3.64. The highest BCUT2D eigenvalue weighted by Gasteiger charge is 2.29. The lowest BCUT2D eigenvalue weighted by Crippen LogP contribution is -2.48. The predicted molar refractivity (Wildman–Crippen MR) is 99.7 cm³/mol. The molecule has 2 aliphatic rings. The van der Waals surface area contributed by atoms with E-state index in [1.807, 2.05) is 4.90 Å². The van der Waals surface area contributed by atoms with Gasteiger partial charge < -0.3 is 15.0 Å². The molecule has 1 aromatic rings. The molecule has 0 bridgehead atoms. The molecular weight excluding hydrogens is 349 g/mol. The summed E-state index contributed by atoms with van der Waals surface area (Å²) in [4.78, 5) is 28.7. The van der Waals surface area contributed by atoms with Crippen molar-refractivity contribution in [2.75, 3.05) is 52.5 Å². The van der Waals surface area contributed by atoms with E-state index in [0.717, 1.165) is 31.5 Å². The van der Waals surface area contributed by atoms with Gasteiger partial charge >= 0.3 is 0 Å². The minimum atomic E-state index is -0.252. The molecule has 0 radical (unpaired) electrons. The molecule has 148 valence electrons. The van der Waals surface area contributed by atoms with Gasteiger partial charge in [-0.15, -0.1) is 0 Å². The molecular formula is C20H28FN3O3. The Morgan fingerprint density at radius 2 is 1.74 bits per heavy atom. The van der Waals surface area contributed by atoms with Crippen molar-refractivity contribution in [3.05, 3.63) is 35.6 Å². The molecule has 2 fully saturated rings. The van der Waals surface area contributed by atoms with Crippen LogP contribution >= 0.6 is 0 Å². The second-order valence-electron chi connectivity index (χ2n) is 7.21. The Hall–Kier alpha value is -1.99. The lowest BCUT2D eigenvalue weighted by atomic mass is 9.95. The van der Waals surface area contributed by atoms with E-state index in [0.29, 0.717) is 45.8 Å². The Kier molecular flexibility index (Phi) is 7.18. The van der Waals surface area contributed by atoms with E-state index in [2.05, 4.69) is 10.2 Å². The van der Waals surface area contributed by atoms with Crippen LogP contribution in [0.25, 0.3) is 0 Å². The minimum absolute atomic E-state index is 0.00457. The Morgan fingerprint density at radius 1 is 1.07 bits per heavy atom. The number of nitrogens with zero attached hydrogens (tertiary/aromatic N) is 2. The smallest absolute Gasteiger partial charge is 0.234 e. The second kappa shape index (κ2) is 9.80. The summed E-state index contributed by atoms with van der Waals surface area (Å²) in [6.07, 6.45) is 2.29. The predicted octanol–water partition coefficient (Wildman–Crippen LogP) is 1.06. The van der Waals surface area contributed by atoms with Gasteiger partial charge in [-0.25, -0.2) is 4.39 Å². The summed E-state index contributed by atoms with van der Waals surface area (Å²) in [5, 5.41) is 2.92. The fourth-order valence-corrected chi connectivity index (χ4v) is 3.64. The number of hydrogen-bond donors (Lipinski definition) is 1. The first-order valence-corrected chi connectivity index (χ1v) is 9.72. The number of amides is 2. The van der Waals surface area contributed by atoms with E-state index in [1.165, 1.54) is 12.1 Å². The van der Waals surface area contributed by atoms with E-state index < -0.39 is 0 Å². The van der Waals surface area contributed by atoms with Crippen LogP contribution < -0.4 is 5.32 Å². The van der Waals surface area contributed by atoms with Crippen LogP contribution in [0.4, 0.5) is 4.39 Å². The summed E-state index contributed by atoms with van der Waals surface area (Å²) in [6.45, 7) is 5.08. The van der Waals surface area contributed by atoms with Gasteiger partial charge in [-0.2, -0.15) is 0 Å². The zero-order valence-corrected chi connectivity index (χ0v) is 15.7. The Labute approximate surface area is 159 Å². The Morgan fingerprint density at radius 3 is 2.41 bits per heavy atom. The van der Waals surface area contributed by atoms with Gasteiger partial charge in [0.15, 0.2) is 0 Å². The van der Waals surface area contributed by atoms with Crippen molar-refractivity contribution in [1.29, 1.82) is 0 Å². The van der Waals surface area contributed by atoms with Gasteiger partial charge in [0.2, 0.25) is 11.8 Å². The lowest BCUT2D eigenvalue weighted by Gasteiger charge is -2.35. The summed E-state index contributed by atoms with van der Waals surface area (Å²) in [5.41, 5.74) is 0.999. The van der Waals surface area contributed by atoms with Crippen LogP contribution in [0, 0.1) is 11.7 Å². The number of likely N-dealkylation sites (tertiary alicyclic amines) is 1. The molecule has 1 N–H and O–H groups in total. The van der Waals surface area contributed by atoms with Crippen LogP contribution in [-0.4, -0.2) is 74.1 Å². The molecule has 27 heavy (non-hydrogen) atoms. The summed E-state index contributed by atoms with van der Waals surface area (Å²) >= 11 is 0. The molecule has 6 nitrogen and oxygen atoms in total. The SMILES string of the molecule is O=C(CN1CCC(C(=O)N2CCOCC2)CC1)NCCc1ccc(F)cc1. The average Bonchev–Trinajstić information content (AvgIpc) is 2.70. The van der Waals surface area contributed by atoms with Crippen molar-refractivity contribution < 1.29 is 18.7 Å². The van der Waals surface area contributed by atoms with Crippen LogP contribution in [0.2, 0.25) is 0 Å². The van der Waals surface area contributed by atoms with Crippen LogP contribution in [0.15, 0.2) is 24.3 Å². The maximum Gasteiger partial charge on any atom is 0.234 e. The molecule has 0 saturated carbocycles. The van der Waals surface area contributed by atoms with Crippen molar-refractivity contribution >= 4 is 11.8 Å². The summed E-state index contributed by atoms with van der Waals surface area (Å²) < 4.78 is 18.2. The van der Waals surface area contributed by atoms with E-state index in [9.17, 15) is 14.0 Å². The molecule has 0 aromatic heterocycles. The number of benzene rings is 1.